The van der Waals surface area contributed by atoms with Gasteiger partial charge in [-0.15, -0.1) is 0 Å². The highest BCUT2D eigenvalue weighted by Crippen LogP contribution is 2.31. The summed E-state index contributed by atoms with van der Waals surface area (Å²) in [4.78, 5) is 11.4. The van der Waals surface area contributed by atoms with Gasteiger partial charge in [-0.2, -0.15) is 0 Å². The minimum atomic E-state index is -0.440. The predicted molar refractivity (Wildman–Crippen MR) is 75.1 cm³/mol. The Labute approximate surface area is 114 Å². The number of carbonyl (C=O) groups excluding carboxylic acids is 1. The number of ether oxygens (including phenoxy) is 1. The van der Waals surface area contributed by atoms with Crippen molar-refractivity contribution in [3.8, 4) is 5.75 Å². The van der Waals surface area contributed by atoms with E-state index in [0.717, 1.165) is 37.7 Å². The van der Waals surface area contributed by atoms with Crippen LogP contribution in [0.3, 0.4) is 0 Å². The first-order valence-corrected chi connectivity index (χ1v) is 6.83. The van der Waals surface area contributed by atoms with Crippen molar-refractivity contribution in [3.05, 3.63) is 29.3 Å². The summed E-state index contributed by atoms with van der Waals surface area (Å²) in [6.45, 7) is 0. The van der Waals surface area contributed by atoms with Crippen molar-refractivity contribution in [3.63, 3.8) is 0 Å². The first kappa shape index (κ1) is 13.9. The molecule has 0 heterocycles. The molecule has 0 spiro atoms. The van der Waals surface area contributed by atoms with Gasteiger partial charge in [0.15, 0.2) is 0 Å². The molecule has 1 fully saturated rings. The molecule has 0 unspecified atom stereocenters. The lowest BCUT2D eigenvalue weighted by atomic mass is 9.82. The van der Waals surface area contributed by atoms with Crippen molar-refractivity contribution >= 4 is 5.91 Å². The molecule has 0 radical (unpaired) electrons. The Morgan fingerprint density at radius 3 is 2.58 bits per heavy atom. The Hall–Kier alpha value is -1.55. The molecule has 1 aliphatic rings. The van der Waals surface area contributed by atoms with E-state index in [1.807, 2.05) is 12.1 Å². The van der Waals surface area contributed by atoms with E-state index in [2.05, 4.69) is 0 Å². The first-order chi connectivity index (χ1) is 9.11. The van der Waals surface area contributed by atoms with Crippen molar-refractivity contribution < 1.29 is 9.53 Å². The third-order valence-electron chi connectivity index (χ3n) is 3.97. The van der Waals surface area contributed by atoms with Crippen LogP contribution < -0.4 is 16.2 Å². The summed E-state index contributed by atoms with van der Waals surface area (Å²) < 4.78 is 5.37. The van der Waals surface area contributed by atoms with Gasteiger partial charge in [-0.3, -0.25) is 4.79 Å². The average Bonchev–Trinajstić information content (AvgIpc) is 2.41. The lowest BCUT2D eigenvalue weighted by Crippen LogP contribution is -2.27. The zero-order chi connectivity index (χ0) is 13.8. The standard InChI is InChI=1S/C15H22N2O2/c1-19-14-11(3-2-4-13(14)15(17)18)9-10-5-7-12(16)8-6-10/h2-4,10,12H,5-9,16H2,1H3,(H2,17,18)/t10-,12-. The number of rotatable bonds is 4. The molecule has 0 bridgehead atoms. The second-order valence-corrected chi connectivity index (χ2v) is 5.35. The summed E-state index contributed by atoms with van der Waals surface area (Å²) >= 11 is 0. The molecule has 0 aromatic heterocycles. The van der Waals surface area contributed by atoms with Gasteiger partial charge >= 0.3 is 0 Å². The maximum Gasteiger partial charge on any atom is 0.252 e. The molecule has 4 nitrogen and oxygen atoms in total. The zero-order valence-corrected chi connectivity index (χ0v) is 11.4. The second-order valence-electron chi connectivity index (χ2n) is 5.35. The van der Waals surface area contributed by atoms with E-state index in [9.17, 15) is 4.79 Å². The van der Waals surface area contributed by atoms with Gasteiger partial charge in [0.05, 0.1) is 12.7 Å². The summed E-state index contributed by atoms with van der Waals surface area (Å²) in [6, 6.07) is 5.95. The van der Waals surface area contributed by atoms with E-state index >= 15 is 0 Å². The van der Waals surface area contributed by atoms with E-state index in [1.54, 1.807) is 13.2 Å². The third-order valence-corrected chi connectivity index (χ3v) is 3.97. The fourth-order valence-corrected chi connectivity index (χ4v) is 2.88. The van der Waals surface area contributed by atoms with Crippen LogP contribution >= 0.6 is 0 Å². The fraction of sp³-hybridized carbons (Fsp3) is 0.533. The Morgan fingerprint density at radius 2 is 2.00 bits per heavy atom. The summed E-state index contributed by atoms with van der Waals surface area (Å²) in [5.41, 5.74) is 12.8. The minimum absolute atomic E-state index is 0.357. The van der Waals surface area contributed by atoms with Crippen LogP contribution in [0.2, 0.25) is 0 Å². The van der Waals surface area contributed by atoms with Gasteiger partial charge in [0.25, 0.3) is 5.91 Å². The Balaban J connectivity index is 2.16. The molecule has 0 atom stereocenters. The number of carbonyl (C=O) groups is 1. The Bertz CT molecular complexity index is 451. The van der Waals surface area contributed by atoms with Gasteiger partial charge in [0.1, 0.15) is 5.75 Å². The van der Waals surface area contributed by atoms with Crippen molar-refractivity contribution in [2.75, 3.05) is 7.11 Å². The molecule has 1 amide bonds. The molecular weight excluding hydrogens is 240 g/mol. The van der Waals surface area contributed by atoms with Gasteiger partial charge in [0, 0.05) is 6.04 Å². The molecule has 19 heavy (non-hydrogen) atoms. The quantitative estimate of drug-likeness (QED) is 0.869. The molecule has 0 saturated heterocycles. The van der Waals surface area contributed by atoms with Crippen molar-refractivity contribution in [2.24, 2.45) is 17.4 Å². The van der Waals surface area contributed by atoms with Crippen LogP contribution in [-0.2, 0) is 6.42 Å². The van der Waals surface area contributed by atoms with Crippen LogP contribution in [0.15, 0.2) is 18.2 Å². The normalized spacial score (nSPS) is 23.1. The maximum absolute atomic E-state index is 11.4. The monoisotopic (exact) mass is 262 g/mol. The lowest BCUT2D eigenvalue weighted by molar-refractivity contribution is 0.0997. The number of para-hydroxylation sites is 1. The second kappa shape index (κ2) is 6.06. The van der Waals surface area contributed by atoms with Crippen LogP contribution in [0.1, 0.15) is 41.6 Å². The van der Waals surface area contributed by atoms with Gasteiger partial charge in [-0.1, -0.05) is 12.1 Å². The van der Waals surface area contributed by atoms with Crippen LogP contribution in [0.5, 0.6) is 5.75 Å². The highest BCUT2D eigenvalue weighted by Gasteiger charge is 2.21. The molecule has 1 aromatic carbocycles. The van der Waals surface area contributed by atoms with Crippen molar-refractivity contribution in [2.45, 2.75) is 38.1 Å². The van der Waals surface area contributed by atoms with Crippen molar-refractivity contribution in [1.82, 2.24) is 0 Å². The summed E-state index contributed by atoms with van der Waals surface area (Å²) in [5, 5.41) is 0. The highest BCUT2D eigenvalue weighted by molar-refractivity contribution is 5.96. The number of methoxy groups -OCH3 is 1. The van der Waals surface area contributed by atoms with Crippen LogP contribution in [0.4, 0.5) is 0 Å². The molecule has 0 aliphatic heterocycles. The van der Waals surface area contributed by atoms with E-state index in [0.29, 0.717) is 23.3 Å². The molecule has 104 valence electrons. The molecule has 1 aromatic rings. The predicted octanol–water partition coefficient (Wildman–Crippen LogP) is 1.85. The summed E-state index contributed by atoms with van der Waals surface area (Å²) in [5.74, 6) is 0.811. The number of hydrogen-bond acceptors (Lipinski definition) is 3. The summed E-state index contributed by atoms with van der Waals surface area (Å²) in [6.07, 6.45) is 5.39. The van der Waals surface area contributed by atoms with Gasteiger partial charge in [-0.25, -0.2) is 0 Å². The SMILES string of the molecule is COc1c(C[C@H]2CC[C@H](N)CC2)cccc1C(N)=O. The van der Waals surface area contributed by atoms with E-state index in [4.69, 9.17) is 16.2 Å². The highest BCUT2D eigenvalue weighted by atomic mass is 16.5. The molecule has 1 aliphatic carbocycles. The Morgan fingerprint density at radius 1 is 1.32 bits per heavy atom. The Kier molecular flexibility index (Phi) is 4.43. The number of amides is 1. The summed E-state index contributed by atoms with van der Waals surface area (Å²) in [7, 11) is 1.59. The third kappa shape index (κ3) is 3.26. The topological polar surface area (TPSA) is 78.3 Å². The number of benzene rings is 1. The van der Waals surface area contributed by atoms with Gasteiger partial charge in [0.2, 0.25) is 0 Å². The lowest BCUT2D eigenvalue weighted by Gasteiger charge is -2.26. The molecule has 4 N–H and O–H groups in total. The molecule has 1 saturated carbocycles. The molecule has 4 heteroatoms. The number of nitrogens with two attached hydrogens (primary N) is 2. The van der Waals surface area contributed by atoms with Crippen LogP contribution in [-0.4, -0.2) is 19.1 Å². The zero-order valence-electron chi connectivity index (χ0n) is 11.4. The van der Waals surface area contributed by atoms with E-state index in [1.165, 1.54) is 0 Å². The van der Waals surface area contributed by atoms with Crippen LogP contribution in [0, 0.1) is 5.92 Å². The number of hydrogen-bond donors (Lipinski definition) is 2. The minimum Gasteiger partial charge on any atom is -0.496 e. The smallest absolute Gasteiger partial charge is 0.252 e. The first-order valence-electron chi connectivity index (χ1n) is 6.83. The van der Waals surface area contributed by atoms with Gasteiger partial charge < -0.3 is 16.2 Å². The number of primary amides is 1. The van der Waals surface area contributed by atoms with Gasteiger partial charge in [-0.05, 0) is 49.7 Å². The molecule has 2 rings (SSSR count). The average molecular weight is 262 g/mol. The fourth-order valence-electron chi connectivity index (χ4n) is 2.88. The van der Waals surface area contributed by atoms with E-state index in [-0.39, 0.29) is 0 Å². The largest absolute Gasteiger partial charge is 0.496 e. The molecular formula is C15H22N2O2. The van der Waals surface area contributed by atoms with E-state index < -0.39 is 5.91 Å². The van der Waals surface area contributed by atoms with Crippen LogP contribution in [0.25, 0.3) is 0 Å². The van der Waals surface area contributed by atoms with Crippen molar-refractivity contribution in [1.29, 1.82) is 0 Å². The maximum atomic E-state index is 11.4.